The minimum absolute atomic E-state index is 0.108. The maximum Gasteiger partial charge on any atom is 0.243 e. The zero-order valence-corrected chi connectivity index (χ0v) is 19.6. The minimum Gasteiger partial charge on any atom is -0.372 e. The van der Waals surface area contributed by atoms with Crippen LogP contribution in [0.15, 0.2) is 53.4 Å². The summed E-state index contributed by atoms with van der Waals surface area (Å²) in [6, 6.07) is 14.3. The fourth-order valence-corrected chi connectivity index (χ4v) is 5.53. The van der Waals surface area contributed by atoms with Gasteiger partial charge in [0.15, 0.2) is 0 Å². The van der Waals surface area contributed by atoms with Crippen molar-refractivity contribution < 1.29 is 13.2 Å². The van der Waals surface area contributed by atoms with Gasteiger partial charge in [-0.2, -0.15) is 4.31 Å². The van der Waals surface area contributed by atoms with E-state index in [1.165, 1.54) is 16.4 Å². The Bertz CT molecular complexity index is 974. The average Bonchev–Trinajstić information content (AvgIpc) is 2.79. The van der Waals surface area contributed by atoms with Gasteiger partial charge in [-0.1, -0.05) is 23.7 Å². The summed E-state index contributed by atoms with van der Waals surface area (Å²) in [5.41, 5.74) is 2.18. The molecule has 6 nitrogen and oxygen atoms in total. The largest absolute Gasteiger partial charge is 0.372 e. The molecule has 1 amide bonds. The van der Waals surface area contributed by atoms with Crippen LogP contribution < -0.4 is 10.2 Å². The Morgan fingerprint density at radius 3 is 2.35 bits per heavy atom. The molecule has 2 aromatic rings. The molecule has 1 saturated heterocycles. The highest BCUT2D eigenvalue weighted by atomic mass is 35.5. The molecule has 0 aromatic heterocycles. The molecule has 3 rings (SSSR count). The third-order valence-electron chi connectivity index (χ3n) is 5.74. The first-order chi connectivity index (χ1) is 14.8. The molecule has 1 aliphatic rings. The van der Waals surface area contributed by atoms with Crippen molar-refractivity contribution in [1.82, 2.24) is 9.62 Å². The van der Waals surface area contributed by atoms with Gasteiger partial charge in [0.1, 0.15) is 0 Å². The standard InChI is InChI=1S/C23H30ClN3O3S/c1-3-26(4-2)21-11-7-18(8-12-21)16-25-23(28)19-6-5-15-27(17-19)31(29,30)22-13-9-20(24)10-14-22/h7-14,19H,3-6,15-17H2,1-2H3,(H,25,28). The van der Waals surface area contributed by atoms with Crippen LogP contribution in [0.4, 0.5) is 5.69 Å². The Morgan fingerprint density at radius 2 is 1.74 bits per heavy atom. The SMILES string of the molecule is CCN(CC)c1ccc(CNC(=O)C2CCCN(S(=O)(=O)c3ccc(Cl)cc3)C2)cc1. The number of sulfonamides is 1. The predicted molar refractivity (Wildman–Crippen MR) is 125 cm³/mol. The number of carbonyl (C=O) groups excluding carboxylic acids is 1. The van der Waals surface area contributed by atoms with Crippen LogP contribution in [0.2, 0.25) is 5.02 Å². The second-order valence-electron chi connectivity index (χ2n) is 7.71. The van der Waals surface area contributed by atoms with Crippen LogP contribution in [-0.4, -0.2) is 44.8 Å². The Kier molecular flexibility index (Phi) is 7.97. The first kappa shape index (κ1) is 23.6. The van der Waals surface area contributed by atoms with Crippen LogP contribution in [0.5, 0.6) is 0 Å². The second kappa shape index (κ2) is 10.5. The second-order valence-corrected chi connectivity index (χ2v) is 10.1. The van der Waals surface area contributed by atoms with E-state index < -0.39 is 10.0 Å². The Morgan fingerprint density at radius 1 is 1.10 bits per heavy atom. The topological polar surface area (TPSA) is 69.7 Å². The molecular formula is C23H30ClN3O3S. The van der Waals surface area contributed by atoms with Gasteiger partial charge in [-0.15, -0.1) is 0 Å². The van der Waals surface area contributed by atoms with E-state index in [-0.39, 0.29) is 23.3 Å². The summed E-state index contributed by atoms with van der Waals surface area (Å²) in [6.07, 6.45) is 1.34. The number of anilines is 1. The number of benzene rings is 2. The number of nitrogens with one attached hydrogen (secondary N) is 1. The van der Waals surface area contributed by atoms with E-state index in [4.69, 9.17) is 11.6 Å². The highest BCUT2D eigenvalue weighted by Gasteiger charge is 2.33. The molecule has 1 atom stereocenters. The summed E-state index contributed by atoms with van der Waals surface area (Å²) in [5, 5.41) is 3.46. The number of rotatable bonds is 8. The lowest BCUT2D eigenvalue weighted by Crippen LogP contribution is -2.45. The predicted octanol–water partition coefficient (Wildman–Crippen LogP) is 3.90. The van der Waals surface area contributed by atoms with Crippen molar-refractivity contribution in [3.8, 4) is 0 Å². The van der Waals surface area contributed by atoms with Gasteiger partial charge in [0.05, 0.1) is 10.8 Å². The highest BCUT2D eigenvalue weighted by molar-refractivity contribution is 7.89. The molecule has 0 saturated carbocycles. The average molecular weight is 464 g/mol. The van der Waals surface area contributed by atoms with Gasteiger partial charge in [-0.05, 0) is 68.7 Å². The molecule has 0 aliphatic carbocycles. The summed E-state index contributed by atoms with van der Waals surface area (Å²) < 4.78 is 27.3. The van der Waals surface area contributed by atoms with Gasteiger partial charge in [-0.3, -0.25) is 4.79 Å². The van der Waals surface area contributed by atoms with Crippen molar-refractivity contribution in [2.75, 3.05) is 31.1 Å². The van der Waals surface area contributed by atoms with Crippen molar-refractivity contribution in [2.45, 2.75) is 38.1 Å². The van der Waals surface area contributed by atoms with E-state index in [1.807, 2.05) is 12.1 Å². The van der Waals surface area contributed by atoms with Crippen LogP contribution in [0.1, 0.15) is 32.3 Å². The zero-order valence-electron chi connectivity index (χ0n) is 18.1. The van der Waals surface area contributed by atoms with Crippen LogP contribution in [-0.2, 0) is 21.4 Å². The van der Waals surface area contributed by atoms with E-state index in [0.29, 0.717) is 31.0 Å². The third-order valence-corrected chi connectivity index (χ3v) is 7.87. The monoisotopic (exact) mass is 463 g/mol. The fourth-order valence-electron chi connectivity index (χ4n) is 3.88. The van der Waals surface area contributed by atoms with Gasteiger partial charge in [0.25, 0.3) is 0 Å². The number of piperidine rings is 1. The van der Waals surface area contributed by atoms with Crippen molar-refractivity contribution >= 4 is 33.2 Å². The molecule has 31 heavy (non-hydrogen) atoms. The Hall–Kier alpha value is -2.09. The summed E-state index contributed by atoms with van der Waals surface area (Å²) in [5.74, 6) is -0.463. The third kappa shape index (κ3) is 5.79. The lowest BCUT2D eigenvalue weighted by atomic mass is 9.98. The molecule has 2 aromatic carbocycles. The van der Waals surface area contributed by atoms with Crippen molar-refractivity contribution in [2.24, 2.45) is 5.92 Å². The van der Waals surface area contributed by atoms with Gasteiger partial charge in [0.2, 0.25) is 15.9 Å². The van der Waals surface area contributed by atoms with Crippen LogP contribution in [0.25, 0.3) is 0 Å². The first-order valence-corrected chi connectivity index (χ1v) is 12.5. The fraction of sp³-hybridized carbons (Fsp3) is 0.435. The quantitative estimate of drug-likeness (QED) is 0.644. The Labute approximate surface area is 190 Å². The molecule has 0 bridgehead atoms. The van der Waals surface area contributed by atoms with Gasteiger partial charge >= 0.3 is 0 Å². The van der Waals surface area contributed by atoms with E-state index in [9.17, 15) is 13.2 Å². The molecule has 8 heteroatoms. The molecule has 1 fully saturated rings. The smallest absolute Gasteiger partial charge is 0.243 e. The zero-order chi connectivity index (χ0) is 22.4. The van der Waals surface area contributed by atoms with Crippen LogP contribution in [0, 0.1) is 5.92 Å². The summed E-state index contributed by atoms with van der Waals surface area (Å²) >= 11 is 5.87. The highest BCUT2D eigenvalue weighted by Crippen LogP contribution is 2.25. The number of halogens is 1. The van der Waals surface area contributed by atoms with Crippen molar-refractivity contribution in [1.29, 1.82) is 0 Å². The molecule has 0 spiro atoms. The molecule has 1 heterocycles. The molecular weight excluding hydrogens is 434 g/mol. The molecule has 168 valence electrons. The van der Waals surface area contributed by atoms with Gasteiger partial charge in [0, 0.05) is 43.4 Å². The van der Waals surface area contributed by atoms with Crippen molar-refractivity contribution in [3.05, 3.63) is 59.1 Å². The Balaban J connectivity index is 1.59. The van der Waals surface area contributed by atoms with Crippen LogP contribution in [0.3, 0.4) is 0 Å². The lowest BCUT2D eigenvalue weighted by molar-refractivity contribution is -0.126. The first-order valence-electron chi connectivity index (χ1n) is 10.7. The number of nitrogens with zero attached hydrogens (tertiary/aromatic N) is 2. The number of carbonyl (C=O) groups is 1. The molecule has 1 N–H and O–H groups in total. The maximum atomic E-state index is 12.9. The van der Waals surface area contributed by atoms with Crippen molar-refractivity contribution in [3.63, 3.8) is 0 Å². The summed E-state index contributed by atoms with van der Waals surface area (Å²) in [7, 11) is -3.64. The molecule has 1 unspecified atom stereocenters. The summed E-state index contributed by atoms with van der Waals surface area (Å²) in [4.78, 5) is 15.2. The number of hydrogen-bond acceptors (Lipinski definition) is 4. The van der Waals surface area contributed by atoms with E-state index in [0.717, 1.165) is 24.3 Å². The lowest BCUT2D eigenvalue weighted by Gasteiger charge is -2.31. The molecule has 1 aliphatic heterocycles. The summed E-state index contributed by atoms with van der Waals surface area (Å²) in [6.45, 7) is 7.18. The van der Waals surface area contributed by atoms with E-state index in [1.54, 1.807) is 12.1 Å². The van der Waals surface area contributed by atoms with Gasteiger partial charge < -0.3 is 10.2 Å². The van der Waals surface area contributed by atoms with E-state index >= 15 is 0 Å². The maximum absolute atomic E-state index is 12.9. The normalized spacial score (nSPS) is 17.3. The van der Waals surface area contributed by atoms with Gasteiger partial charge in [-0.25, -0.2) is 8.42 Å². The minimum atomic E-state index is -3.64. The number of amides is 1. The van der Waals surface area contributed by atoms with Crippen LogP contribution >= 0.6 is 11.6 Å². The van der Waals surface area contributed by atoms with E-state index in [2.05, 4.69) is 36.2 Å². The molecule has 0 radical (unpaired) electrons. The number of hydrogen-bond donors (Lipinski definition) is 1.